The Kier molecular flexibility index (Phi) is 3.05. The van der Waals surface area contributed by atoms with E-state index in [4.69, 9.17) is 9.63 Å². The van der Waals surface area contributed by atoms with Crippen molar-refractivity contribution in [2.45, 2.75) is 6.92 Å². The fraction of sp³-hybridized carbons (Fsp3) is 0.0909. The summed E-state index contributed by atoms with van der Waals surface area (Å²) in [6.07, 6.45) is 2.73. The van der Waals surface area contributed by atoms with E-state index in [0.717, 1.165) is 0 Å². The Labute approximate surface area is 101 Å². The van der Waals surface area contributed by atoms with Crippen LogP contribution in [0, 0.1) is 6.92 Å². The fourth-order valence-electron chi connectivity index (χ4n) is 1.36. The summed E-state index contributed by atoms with van der Waals surface area (Å²) in [5.41, 5.74) is 0.432. The van der Waals surface area contributed by atoms with Gasteiger partial charge in [0.05, 0.1) is 11.9 Å². The van der Waals surface area contributed by atoms with Gasteiger partial charge in [0.15, 0.2) is 5.69 Å². The third kappa shape index (κ3) is 2.19. The third-order valence-corrected chi connectivity index (χ3v) is 2.21. The van der Waals surface area contributed by atoms with Gasteiger partial charge in [0.25, 0.3) is 5.91 Å². The van der Waals surface area contributed by atoms with E-state index in [9.17, 15) is 9.59 Å². The molecule has 0 radical (unpaired) electrons. The van der Waals surface area contributed by atoms with E-state index in [0.29, 0.717) is 5.56 Å². The number of nitrogens with one attached hydrogen (secondary N) is 1. The Hall–Kier alpha value is -2.70. The van der Waals surface area contributed by atoms with Crippen molar-refractivity contribution in [3.63, 3.8) is 0 Å². The molecule has 0 spiro atoms. The lowest BCUT2D eigenvalue weighted by atomic mass is 10.2. The molecule has 0 fully saturated rings. The summed E-state index contributed by atoms with van der Waals surface area (Å²) < 4.78 is 4.77. The molecule has 18 heavy (non-hydrogen) atoms. The van der Waals surface area contributed by atoms with Crippen LogP contribution in [-0.4, -0.2) is 27.1 Å². The van der Waals surface area contributed by atoms with Crippen LogP contribution in [0.2, 0.25) is 0 Å². The summed E-state index contributed by atoms with van der Waals surface area (Å²) in [6, 6.07) is 2.97. The van der Waals surface area contributed by atoms with Gasteiger partial charge < -0.3 is 14.9 Å². The number of carbonyl (C=O) groups is 2. The second-order valence-corrected chi connectivity index (χ2v) is 3.50. The molecule has 0 aliphatic heterocycles. The van der Waals surface area contributed by atoms with Gasteiger partial charge in [-0.05, 0) is 19.1 Å². The molecule has 0 aliphatic rings. The number of aromatic carboxylic acids is 1. The number of aromatic nitrogens is 2. The number of anilines is 1. The number of rotatable bonds is 3. The lowest BCUT2D eigenvalue weighted by Crippen LogP contribution is -2.15. The molecular weight excluding hydrogens is 238 g/mol. The van der Waals surface area contributed by atoms with Crippen LogP contribution in [0.4, 0.5) is 5.69 Å². The van der Waals surface area contributed by atoms with Gasteiger partial charge in [0.1, 0.15) is 0 Å². The molecule has 0 bridgehead atoms. The van der Waals surface area contributed by atoms with Crippen molar-refractivity contribution >= 4 is 17.6 Å². The predicted octanol–water partition coefficient (Wildman–Crippen LogP) is 1.33. The first-order valence-electron chi connectivity index (χ1n) is 5.00. The van der Waals surface area contributed by atoms with Crippen LogP contribution in [0.3, 0.4) is 0 Å². The number of hydrogen-bond acceptors (Lipinski definition) is 5. The maximum Gasteiger partial charge on any atom is 0.356 e. The molecule has 0 saturated carbocycles. The predicted molar refractivity (Wildman–Crippen MR) is 60.4 cm³/mol. The van der Waals surface area contributed by atoms with Gasteiger partial charge >= 0.3 is 5.97 Å². The van der Waals surface area contributed by atoms with Gasteiger partial charge in [-0.15, -0.1) is 0 Å². The molecule has 2 aromatic rings. The van der Waals surface area contributed by atoms with Crippen molar-refractivity contribution in [2.75, 3.05) is 5.32 Å². The van der Waals surface area contributed by atoms with Crippen LogP contribution in [0.5, 0.6) is 0 Å². The van der Waals surface area contributed by atoms with Gasteiger partial charge in [-0.2, -0.15) is 0 Å². The first kappa shape index (κ1) is 11.8. The van der Waals surface area contributed by atoms with Crippen molar-refractivity contribution < 1.29 is 19.2 Å². The number of carbonyl (C=O) groups excluding carboxylic acids is 1. The lowest BCUT2D eigenvalue weighted by Gasteiger charge is -2.05. The fourth-order valence-corrected chi connectivity index (χ4v) is 1.36. The Morgan fingerprint density at radius 1 is 1.44 bits per heavy atom. The van der Waals surface area contributed by atoms with Crippen LogP contribution in [-0.2, 0) is 0 Å². The molecule has 7 heteroatoms. The van der Waals surface area contributed by atoms with E-state index in [2.05, 4.69) is 15.5 Å². The molecule has 0 aromatic carbocycles. The number of carboxylic acid groups (broad SMARTS) is 1. The molecule has 0 saturated heterocycles. The smallest absolute Gasteiger partial charge is 0.356 e. The summed E-state index contributed by atoms with van der Waals surface area (Å²) >= 11 is 0. The van der Waals surface area contributed by atoms with E-state index in [1.54, 1.807) is 6.92 Å². The van der Waals surface area contributed by atoms with Gasteiger partial charge in [-0.1, -0.05) is 5.16 Å². The lowest BCUT2D eigenvalue weighted by molar-refractivity contribution is 0.0691. The second kappa shape index (κ2) is 4.66. The van der Waals surface area contributed by atoms with E-state index in [-0.39, 0.29) is 17.1 Å². The highest BCUT2D eigenvalue weighted by atomic mass is 16.5. The molecule has 0 atom stereocenters. The third-order valence-electron chi connectivity index (χ3n) is 2.21. The van der Waals surface area contributed by atoms with Crippen LogP contribution in [0.25, 0.3) is 0 Å². The first-order valence-corrected chi connectivity index (χ1v) is 5.00. The molecule has 1 amide bonds. The summed E-state index contributed by atoms with van der Waals surface area (Å²) in [5, 5.41) is 14.8. The molecule has 2 aromatic heterocycles. The summed E-state index contributed by atoms with van der Waals surface area (Å²) in [7, 11) is 0. The minimum absolute atomic E-state index is 0.0372. The molecule has 92 valence electrons. The van der Waals surface area contributed by atoms with Crippen molar-refractivity contribution in [1.29, 1.82) is 0 Å². The summed E-state index contributed by atoms with van der Waals surface area (Å²) in [5.74, 6) is -1.75. The van der Waals surface area contributed by atoms with Crippen molar-refractivity contribution in [3.05, 3.63) is 41.5 Å². The topological polar surface area (TPSA) is 105 Å². The van der Waals surface area contributed by atoms with Gasteiger partial charge in [-0.3, -0.25) is 4.79 Å². The highest BCUT2D eigenvalue weighted by molar-refractivity contribution is 6.06. The maximum atomic E-state index is 11.8. The van der Waals surface area contributed by atoms with Crippen LogP contribution < -0.4 is 5.32 Å². The van der Waals surface area contributed by atoms with E-state index < -0.39 is 11.9 Å². The van der Waals surface area contributed by atoms with E-state index in [1.165, 1.54) is 24.5 Å². The molecule has 2 heterocycles. The van der Waals surface area contributed by atoms with Gasteiger partial charge in [-0.25, -0.2) is 9.78 Å². The van der Waals surface area contributed by atoms with Crippen molar-refractivity contribution in [2.24, 2.45) is 0 Å². The molecule has 0 aliphatic carbocycles. The highest BCUT2D eigenvalue weighted by Gasteiger charge is 2.18. The minimum atomic E-state index is -1.22. The Bertz CT molecular complexity index is 606. The highest BCUT2D eigenvalue weighted by Crippen LogP contribution is 2.15. The molecule has 0 unspecified atom stereocenters. The Morgan fingerprint density at radius 3 is 2.83 bits per heavy atom. The molecule has 2 rings (SSSR count). The zero-order valence-electron chi connectivity index (χ0n) is 9.38. The summed E-state index contributed by atoms with van der Waals surface area (Å²) in [6.45, 7) is 1.66. The van der Waals surface area contributed by atoms with Crippen LogP contribution in [0.1, 0.15) is 26.6 Å². The standard InChI is InChI=1S/C11H9N3O4/c1-6-5-13-18-9(6)10(15)14-7-3-2-4-12-8(7)11(16)17/h2-5H,1H3,(H,14,15)(H,16,17). The normalized spacial score (nSPS) is 10.1. The minimum Gasteiger partial charge on any atom is -0.476 e. The second-order valence-electron chi connectivity index (χ2n) is 3.50. The number of nitrogens with zero attached hydrogens (tertiary/aromatic N) is 2. The number of amides is 1. The average molecular weight is 247 g/mol. The van der Waals surface area contributed by atoms with Crippen LogP contribution >= 0.6 is 0 Å². The van der Waals surface area contributed by atoms with Gasteiger partial charge in [0.2, 0.25) is 5.76 Å². The monoisotopic (exact) mass is 247 g/mol. The summed E-state index contributed by atoms with van der Waals surface area (Å²) in [4.78, 5) is 26.4. The molecule has 2 N–H and O–H groups in total. The van der Waals surface area contributed by atoms with E-state index in [1.807, 2.05) is 0 Å². The number of aryl methyl sites for hydroxylation is 1. The van der Waals surface area contributed by atoms with E-state index >= 15 is 0 Å². The van der Waals surface area contributed by atoms with Crippen LogP contribution in [0.15, 0.2) is 29.0 Å². The average Bonchev–Trinajstić information content (AvgIpc) is 2.76. The Morgan fingerprint density at radius 2 is 2.22 bits per heavy atom. The number of carboxylic acids is 1. The maximum absolute atomic E-state index is 11.8. The number of hydrogen-bond donors (Lipinski definition) is 2. The SMILES string of the molecule is Cc1cnoc1C(=O)Nc1cccnc1C(=O)O. The Balaban J connectivity index is 2.28. The van der Waals surface area contributed by atoms with Crippen molar-refractivity contribution in [3.8, 4) is 0 Å². The first-order chi connectivity index (χ1) is 8.59. The molecule has 7 nitrogen and oxygen atoms in total. The zero-order valence-corrected chi connectivity index (χ0v) is 9.38. The van der Waals surface area contributed by atoms with Gasteiger partial charge in [0, 0.05) is 11.8 Å². The quantitative estimate of drug-likeness (QED) is 0.847. The molecular formula is C11H9N3O4. The number of pyridine rings is 1. The van der Waals surface area contributed by atoms with Crippen molar-refractivity contribution in [1.82, 2.24) is 10.1 Å². The zero-order chi connectivity index (χ0) is 13.1. The largest absolute Gasteiger partial charge is 0.476 e.